The van der Waals surface area contributed by atoms with Crippen molar-refractivity contribution in [1.82, 2.24) is 4.90 Å². The van der Waals surface area contributed by atoms with Crippen LogP contribution in [0.15, 0.2) is 22.0 Å². The molecule has 3 nitrogen and oxygen atoms in total. The van der Waals surface area contributed by atoms with Crippen LogP contribution in [0.4, 0.5) is 0 Å². The van der Waals surface area contributed by atoms with Crippen LogP contribution in [-0.4, -0.2) is 23.3 Å². The third kappa shape index (κ3) is 2.64. The van der Waals surface area contributed by atoms with Gasteiger partial charge < -0.3 is 0 Å². The normalized spacial score (nSPS) is 14.3. The molecule has 0 unspecified atom stereocenters. The second-order valence-electron chi connectivity index (χ2n) is 5.31. The van der Waals surface area contributed by atoms with Gasteiger partial charge >= 0.3 is 0 Å². The number of halogens is 1. The van der Waals surface area contributed by atoms with E-state index in [-0.39, 0.29) is 11.8 Å². The average Bonchev–Trinajstić information content (AvgIpc) is 2.93. The van der Waals surface area contributed by atoms with Gasteiger partial charge in [-0.1, -0.05) is 26.2 Å². The largest absolute Gasteiger partial charge is 0.274 e. The molecule has 21 heavy (non-hydrogen) atoms. The van der Waals surface area contributed by atoms with Gasteiger partial charge in [-0.05, 0) is 45.9 Å². The van der Waals surface area contributed by atoms with Gasteiger partial charge in [-0.25, -0.2) is 0 Å². The van der Waals surface area contributed by atoms with Crippen LogP contribution in [0.3, 0.4) is 0 Å². The van der Waals surface area contributed by atoms with Gasteiger partial charge in [0, 0.05) is 11.2 Å². The van der Waals surface area contributed by atoms with E-state index in [4.69, 9.17) is 0 Å². The summed E-state index contributed by atoms with van der Waals surface area (Å²) >= 11 is 5.02. The van der Waals surface area contributed by atoms with Crippen LogP contribution in [0.1, 0.15) is 53.3 Å². The molecule has 3 rings (SSSR count). The molecule has 0 saturated heterocycles. The lowest BCUT2D eigenvalue weighted by Gasteiger charge is -2.13. The topological polar surface area (TPSA) is 37.4 Å². The van der Waals surface area contributed by atoms with E-state index in [1.54, 1.807) is 11.3 Å². The minimum absolute atomic E-state index is 0.141. The van der Waals surface area contributed by atoms with Crippen LogP contribution >= 0.6 is 27.3 Å². The van der Waals surface area contributed by atoms with E-state index in [2.05, 4.69) is 22.9 Å². The Bertz CT molecular complexity index is 669. The fourth-order valence-electron chi connectivity index (χ4n) is 2.69. The van der Waals surface area contributed by atoms with Gasteiger partial charge in [-0.3, -0.25) is 14.5 Å². The summed E-state index contributed by atoms with van der Waals surface area (Å²) < 4.78 is 2.05. The summed E-state index contributed by atoms with van der Waals surface area (Å²) in [5, 5.41) is 1.01. The fraction of sp³-hybridized carbons (Fsp3) is 0.375. The molecule has 2 heterocycles. The van der Waals surface area contributed by atoms with E-state index in [1.165, 1.54) is 4.90 Å². The van der Waals surface area contributed by atoms with Crippen molar-refractivity contribution < 1.29 is 9.59 Å². The lowest BCUT2D eigenvalue weighted by atomic mass is 10.1. The van der Waals surface area contributed by atoms with Crippen molar-refractivity contribution in [1.29, 1.82) is 0 Å². The number of thiophene rings is 1. The van der Waals surface area contributed by atoms with Gasteiger partial charge in [0.1, 0.15) is 0 Å². The number of rotatable bonds is 5. The van der Waals surface area contributed by atoms with Crippen molar-refractivity contribution in [3.05, 3.63) is 33.1 Å². The quantitative estimate of drug-likeness (QED) is 0.561. The van der Waals surface area contributed by atoms with Gasteiger partial charge in [0.25, 0.3) is 11.8 Å². The van der Waals surface area contributed by atoms with Crippen molar-refractivity contribution in [3.8, 4) is 0 Å². The Labute approximate surface area is 136 Å². The summed E-state index contributed by atoms with van der Waals surface area (Å²) in [7, 11) is 0. The van der Waals surface area contributed by atoms with Gasteiger partial charge in [0.05, 0.1) is 14.9 Å². The molecule has 2 amide bonds. The van der Waals surface area contributed by atoms with Crippen LogP contribution in [0.5, 0.6) is 0 Å². The number of imide groups is 1. The number of amides is 2. The summed E-state index contributed by atoms with van der Waals surface area (Å²) in [4.78, 5) is 26.2. The predicted molar refractivity (Wildman–Crippen MR) is 89.0 cm³/mol. The SMILES string of the molecule is CCCCCCN1C(=O)c2cc3cc(Br)sc3cc2C1=O. The molecule has 0 bridgehead atoms. The highest BCUT2D eigenvalue weighted by molar-refractivity contribution is 9.11. The molecule has 1 aromatic heterocycles. The van der Waals surface area contributed by atoms with Crippen molar-refractivity contribution in [2.24, 2.45) is 0 Å². The molecule has 0 fully saturated rings. The van der Waals surface area contributed by atoms with Crippen molar-refractivity contribution in [2.75, 3.05) is 6.54 Å². The minimum Gasteiger partial charge on any atom is -0.274 e. The third-order valence-electron chi connectivity index (χ3n) is 3.81. The maximum absolute atomic E-state index is 12.4. The first-order valence-electron chi connectivity index (χ1n) is 7.21. The van der Waals surface area contributed by atoms with Crippen molar-refractivity contribution in [3.63, 3.8) is 0 Å². The zero-order valence-corrected chi connectivity index (χ0v) is 14.2. The Morgan fingerprint density at radius 2 is 1.76 bits per heavy atom. The van der Waals surface area contributed by atoms with Crippen LogP contribution in [0, 0.1) is 0 Å². The van der Waals surface area contributed by atoms with Crippen molar-refractivity contribution >= 4 is 49.2 Å². The van der Waals surface area contributed by atoms with E-state index in [0.29, 0.717) is 17.7 Å². The molecule has 0 atom stereocenters. The summed E-state index contributed by atoms with van der Waals surface area (Å²) in [6.45, 7) is 2.68. The van der Waals surface area contributed by atoms with Gasteiger partial charge in [0.15, 0.2) is 0 Å². The van der Waals surface area contributed by atoms with E-state index in [0.717, 1.165) is 39.6 Å². The zero-order valence-electron chi connectivity index (χ0n) is 11.8. The summed E-state index contributed by atoms with van der Waals surface area (Å²) in [6.07, 6.45) is 4.24. The molecule has 1 aromatic carbocycles. The Kier molecular flexibility index (Phi) is 4.13. The van der Waals surface area contributed by atoms with Gasteiger partial charge in [0.2, 0.25) is 0 Å². The first kappa shape index (κ1) is 14.7. The van der Waals surface area contributed by atoms with Gasteiger partial charge in [-0.15, -0.1) is 11.3 Å². The molecule has 0 aliphatic carbocycles. The second kappa shape index (κ2) is 5.89. The first-order chi connectivity index (χ1) is 10.1. The molecule has 2 aromatic rings. The molecular weight excluding hydrogens is 350 g/mol. The minimum atomic E-state index is -0.143. The van der Waals surface area contributed by atoms with Crippen molar-refractivity contribution in [2.45, 2.75) is 32.6 Å². The molecule has 0 saturated carbocycles. The zero-order chi connectivity index (χ0) is 15.0. The van der Waals surface area contributed by atoms with E-state index in [1.807, 2.05) is 18.2 Å². The smallest absolute Gasteiger partial charge is 0.261 e. The molecule has 0 N–H and O–H groups in total. The first-order valence-corrected chi connectivity index (χ1v) is 8.82. The molecule has 110 valence electrons. The Hall–Kier alpha value is -1.20. The summed E-state index contributed by atoms with van der Waals surface area (Å²) in [5.41, 5.74) is 1.10. The number of carbonyl (C=O) groups excluding carboxylic acids is 2. The number of unbranched alkanes of at least 4 members (excludes halogenated alkanes) is 3. The van der Waals surface area contributed by atoms with Crippen LogP contribution in [0.25, 0.3) is 10.1 Å². The molecule has 1 aliphatic rings. The molecule has 5 heteroatoms. The molecule has 0 spiro atoms. The number of hydrogen-bond donors (Lipinski definition) is 0. The Morgan fingerprint density at radius 1 is 1.05 bits per heavy atom. The molecular formula is C16H16BrNO2S. The number of fused-ring (bicyclic) bond motifs is 2. The lowest BCUT2D eigenvalue weighted by Crippen LogP contribution is -2.30. The monoisotopic (exact) mass is 365 g/mol. The Balaban J connectivity index is 1.86. The van der Waals surface area contributed by atoms with Crippen LogP contribution < -0.4 is 0 Å². The number of benzene rings is 1. The lowest BCUT2D eigenvalue weighted by molar-refractivity contribution is 0.0651. The fourth-order valence-corrected chi connectivity index (χ4v) is 4.27. The highest BCUT2D eigenvalue weighted by Gasteiger charge is 2.35. The van der Waals surface area contributed by atoms with E-state index >= 15 is 0 Å². The molecule has 1 aliphatic heterocycles. The summed E-state index contributed by atoms with van der Waals surface area (Å²) in [5.74, 6) is -0.284. The second-order valence-corrected chi connectivity index (χ2v) is 7.77. The number of carbonyl (C=O) groups is 2. The maximum Gasteiger partial charge on any atom is 0.261 e. The standard InChI is InChI=1S/C16H16BrNO2S/c1-2-3-4-5-6-18-15(19)11-7-10-8-14(17)21-13(10)9-12(11)16(18)20/h7-9H,2-6H2,1H3. The highest BCUT2D eigenvalue weighted by Crippen LogP contribution is 2.34. The van der Waals surface area contributed by atoms with Crippen LogP contribution in [0.2, 0.25) is 0 Å². The van der Waals surface area contributed by atoms with Crippen LogP contribution in [-0.2, 0) is 0 Å². The summed E-state index contributed by atoms with van der Waals surface area (Å²) in [6, 6.07) is 5.69. The van der Waals surface area contributed by atoms with E-state index in [9.17, 15) is 9.59 Å². The van der Waals surface area contributed by atoms with E-state index < -0.39 is 0 Å². The number of hydrogen-bond acceptors (Lipinski definition) is 3. The van der Waals surface area contributed by atoms with Gasteiger partial charge in [-0.2, -0.15) is 0 Å². The number of nitrogens with zero attached hydrogens (tertiary/aromatic N) is 1. The highest BCUT2D eigenvalue weighted by atomic mass is 79.9. The Morgan fingerprint density at radius 3 is 2.48 bits per heavy atom. The molecule has 0 radical (unpaired) electrons. The third-order valence-corrected chi connectivity index (χ3v) is 5.41. The average molecular weight is 366 g/mol. The predicted octanol–water partition coefficient (Wildman–Crippen LogP) is 4.84. The maximum atomic E-state index is 12.4.